The molecule has 1 aliphatic rings. The van der Waals surface area contributed by atoms with E-state index in [1.807, 2.05) is 24.3 Å². The van der Waals surface area contributed by atoms with Crippen LogP contribution in [0.25, 0.3) is 11.5 Å². The fourth-order valence-corrected chi connectivity index (χ4v) is 3.53. The van der Waals surface area contributed by atoms with E-state index in [0.717, 1.165) is 30.0 Å². The predicted molar refractivity (Wildman–Crippen MR) is 110 cm³/mol. The van der Waals surface area contributed by atoms with Gasteiger partial charge in [-0.3, -0.25) is 9.69 Å². The predicted octanol–water partition coefficient (Wildman–Crippen LogP) is 2.55. The van der Waals surface area contributed by atoms with Crippen LogP contribution in [-0.4, -0.2) is 61.0 Å². The Morgan fingerprint density at radius 1 is 1.13 bits per heavy atom. The molecule has 8 heteroatoms. The van der Waals surface area contributed by atoms with Crippen molar-refractivity contribution in [3.05, 3.63) is 66.1 Å². The van der Waals surface area contributed by atoms with Crippen LogP contribution in [-0.2, 0) is 4.74 Å². The Hall–Kier alpha value is -3.23. The Balaban J connectivity index is 1.45. The number of benzene rings is 2. The van der Waals surface area contributed by atoms with Crippen molar-refractivity contribution in [3.8, 4) is 17.2 Å². The Kier molecular flexibility index (Phi) is 6.36. The molecule has 0 bridgehead atoms. The van der Waals surface area contributed by atoms with Crippen molar-refractivity contribution in [2.45, 2.75) is 6.04 Å². The summed E-state index contributed by atoms with van der Waals surface area (Å²) in [5.74, 6) is 1.11. The van der Waals surface area contributed by atoms with Crippen molar-refractivity contribution >= 4 is 5.91 Å². The minimum absolute atomic E-state index is 0.0569. The second kappa shape index (κ2) is 9.51. The number of methoxy groups -OCH3 is 1. The third kappa shape index (κ3) is 4.67. The highest BCUT2D eigenvalue weighted by Gasteiger charge is 2.23. The zero-order valence-electron chi connectivity index (χ0n) is 16.8. The van der Waals surface area contributed by atoms with E-state index in [2.05, 4.69) is 20.4 Å². The highest BCUT2D eigenvalue weighted by Crippen LogP contribution is 2.24. The van der Waals surface area contributed by atoms with Crippen molar-refractivity contribution in [2.75, 3.05) is 40.0 Å². The molecular formula is C22H24N4O4. The van der Waals surface area contributed by atoms with Gasteiger partial charge >= 0.3 is 0 Å². The molecule has 1 aliphatic heterocycles. The Morgan fingerprint density at radius 2 is 1.87 bits per heavy atom. The molecule has 1 N–H and O–H groups in total. The van der Waals surface area contributed by atoms with Crippen LogP contribution in [0.1, 0.15) is 22.0 Å². The SMILES string of the molecule is COc1ccc([C@H](CNC(=O)c2ccc(-c3nnco3)cc2)N2CCOCC2)cc1. The van der Waals surface area contributed by atoms with E-state index in [9.17, 15) is 4.79 Å². The number of morpholine rings is 1. The van der Waals surface area contributed by atoms with Gasteiger partial charge in [0.25, 0.3) is 5.91 Å². The maximum atomic E-state index is 12.7. The smallest absolute Gasteiger partial charge is 0.251 e. The van der Waals surface area contributed by atoms with E-state index < -0.39 is 0 Å². The second-order valence-corrected chi connectivity index (χ2v) is 6.97. The minimum Gasteiger partial charge on any atom is -0.497 e. The number of carbonyl (C=O) groups excluding carboxylic acids is 1. The minimum atomic E-state index is -0.126. The number of nitrogens with zero attached hydrogens (tertiary/aromatic N) is 3. The summed E-state index contributed by atoms with van der Waals surface area (Å²) in [6, 6.07) is 15.1. The average Bonchev–Trinajstić information content (AvgIpc) is 3.35. The number of hydrogen-bond acceptors (Lipinski definition) is 7. The average molecular weight is 408 g/mol. The van der Waals surface area contributed by atoms with Gasteiger partial charge in [0.2, 0.25) is 12.3 Å². The van der Waals surface area contributed by atoms with Gasteiger partial charge in [0, 0.05) is 30.8 Å². The van der Waals surface area contributed by atoms with Crippen LogP contribution in [0, 0.1) is 0 Å². The van der Waals surface area contributed by atoms with E-state index in [1.54, 1.807) is 31.4 Å². The molecule has 1 aromatic heterocycles. The lowest BCUT2D eigenvalue weighted by Gasteiger charge is -2.35. The monoisotopic (exact) mass is 408 g/mol. The molecule has 1 amide bonds. The zero-order chi connectivity index (χ0) is 20.8. The van der Waals surface area contributed by atoms with Crippen molar-refractivity contribution in [1.82, 2.24) is 20.4 Å². The van der Waals surface area contributed by atoms with Gasteiger partial charge in [-0.05, 0) is 42.0 Å². The van der Waals surface area contributed by atoms with E-state index in [1.165, 1.54) is 6.39 Å². The third-order valence-corrected chi connectivity index (χ3v) is 5.20. The molecule has 1 atom stereocenters. The van der Waals surface area contributed by atoms with Gasteiger partial charge in [0.15, 0.2) is 0 Å². The number of ether oxygens (including phenoxy) is 2. The number of rotatable bonds is 7. The Bertz CT molecular complexity index is 936. The molecule has 3 aromatic rings. The summed E-state index contributed by atoms with van der Waals surface area (Å²) in [6.07, 6.45) is 1.28. The lowest BCUT2D eigenvalue weighted by molar-refractivity contribution is 0.0162. The summed E-state index contributed by atoms with van der Waals surface area (Å²) in [7, 11) is 1.65. The van der Waals surface area contributed by atoms with Crippen molar-refractivity contribution in [1.29, 1.82) is 0 Å². The molecular weight excluding hydrogens is 384 g/mol. The lowest BCUT2D eigenvalue weighted by atomic mass is 10.0. The molecule has 2 aromatic carbocycles. The summed E-state index contributed by atoms with van der Waals surface area (Å²) in [6.45, 7) is 3.53. The number of nitrogens with one attached hydrogen (secondary N) is 1. The van der Waals surface area contributed by atoms with Crippen molar-refractivity contribution in [2.24, 2.45) is 0 Å². The topological polar surface area (TPSA) is 89.7 Å². The molecule has 156 valence electrons. The fraction of sp³-hybridized carbons (Fsp3) is 0.318. The van der Waals surface area contributed by atoms with Crippen LogP contribution >= 0.6 is 0 Å². The molecule has 0 saturated carbocycles. The first-order valence-corrected chi connectivity index (χ1v) is 9.85. The largest absolute Gasteiger partial charge is 0.497 e. The molecule has 2 heterocycles. The van der Waals surface area contributed by atoms with E-state index in [-0.39, 0.29) is 11.9 Å². The van der Waals surface area contributed by atoms with E-state index >= 15 is 0 Å². The quantitative estimate of drug-likeness (QED) is 0.643. The molecule has 0 spiro atoms. The van der Waals surface area contributed by atoms with Gasteiger partial charge in [-0.15, -0.1) is 10.2 Å². The zero-order valence-corrected chi connectivity index (χ0v) is 16.8. The highest BCUT2D eigenvalue weighted by molar-refractivity contribution is 5.94. The van der Waals surface area contributed by atoms with Gasteiger partial charge in [0.1, 0.15) is 5.75 Å². The van der Waals surface area contributed by atoms with Gasteiger partial charge in [-0.1, -0.05) is 12.1 Å². The van der Waals surface area contributed by atoms with E-state index in [0.29, 0.717) is 31.2 Å². The van der Waals surface area contributed by atoms with Crippen LogP contribution in [0.15, 0.2) is 59.3 Å². The second-order valence-electron chi connectivity index (χ2n) is 6.97. The number of amides is 1. The van der Waals surface area contributed by atoms with Gasteiger partial charge in [-0.2, -0.15) is 0 Å². The first kappa shape index (κ1) is 20.1. The molecule has 0 aliphatic carbocycles. The van der Waals surface area contributed by atoms with Crippen LogP contribution in [0.4, 0.5) is 0 Å². The normalized spacial score (nSPS) is 15.5. The molecule has 30 heavy (non-hydrogen) atoms. The van der Waals surface area contributed by atoms with Gasteiger partial charge in [-0.25, -0.2) is 0 Å². The van der Waals surface area contributed by atoms with Gasteiger partial charge < -0.3 is 19.2 Å². The lowest BCUT2D eigenvalue weighted by Crippen LogP contribution is -2.43. The molecule has 0 radical (unpaired) electrons. The molecule has 4 rings (SSSR count). The van der Waals surface area contributed by atoms with Crippen LogP contribution in [0.2, 0.25) is 0 Å². The standard InChI is InChI=1S/C22H24N4O4/c1-28-19-8-6-16(7-9-19)20(26-10-12-29-13-11-26)14-23-21(27)17-2-4-18(5-3-17)22-25-24-15-30-22/h2-9,15,20H,10-14H2,1H3,(H,23,27)/t20-/m0/s1. The van der Waals surface area contributed by atoms with Crippen LogP contribution in [0.3, 0.4) is 0 Å². The summed E-state index contributed by atoms with van der Waals surface area (Å²) in [5, 5.41) is 10.6. The number of hydrogen-bond donors (Lipinski definition) is 1. The van der Waals surface area contributed by atoms with E-state index in [4.69, 9.17) is 13.9 Å². The number of carbonyl (C=O) groups is 1. The van der Waals surface area contributed by atoms with Crippen LogP contribution in [0.5, 0.6) is 5.75 Å². The summed E-state index contributed by atoms with van der Waals surface area (Å²) in [5.41, 5.74) is 2.48. The summed E-state index contributed by atoms with van der Waals surface area (Å²) in [4.78, 5) is 15.1. The Morgan fingerprint density at radius 3 is 2.50 bits per heavy atom. The van der Waals surface area contributed by atoms with Crippen molar-refractivity contribution < 1.29 is 18.7 Å². The maximum Gasteiger partial charge on any atom is 0.251 e. The number of aromatic nitrogens is 2. The highest BCUT2D eigenvalue weighted by atomic mass is 16.5. The molecule has 1 fully saturated rings. The first-order chi connectivity index (χ1) is 14.7. The fourth-order valence-electron chi connectivity index (χ4n) is 3.53. The van der Waals surface area contributed by atoms with Crippen molar-refractivity contribution in [3.63, 3.8) is 0 Å². The maximum absolute atomic E-state index is 12.7. The van der Waals surface area contributed by atoms with Crippen LogP contribution < -0.4 is 10.1 Å². The summed E-state index contributed by atoms with van der Waals surface area (Å²) < 4.78 is 15.9. The molecule has 8 nitrogen and oxygen atoms in total. The Labute approximate surface area is 174 Å². The first-order valence-electron chi connectivity index (χ1n) is 9.85. The molecule has 1 saturated heterocycles. The van der Waals surface area contributed by atoms with Gasteiger partial charge in [0.05, 0.1) is 26.4 Å². The summed E-state index contributed by atoms with van der Waals surface area (Å²) >= 11 is 0. The third-order valence-electron chi connectivity index (χ3n) is 5.20. The molecule has 0 unspecified atom stereocenters.